The van der Waals surface area contributed by atoms with Gasteiger partial charge in [-0.15, -0.1) is 0 Å². The van der Waals surface area contributed by atoms with Gasteiger partial charge in [0.15, 0.2) is 0 Å². The molecule has 2 aliphatic rings. The van der Waals surface area contributed by atoms with E-state index in [2.05, 4.69) is 97.1 Å². The molecule has 0 spiro atoms. The number of benzene rings is 5. The van der Waals surface area contributed by atoms with Crippen LogP contribution in [0.2, 0.25) is 0 Å². The van der Waals surface area contributed by atoms with E-state index in [1.54, 1.807) is 0 Å². The first-order valence-electron chi connectivity index (χ1n) is 15.3. The summed E-state index contributed by atoms with van der Waals surface area (Å²) < 4.78 is 25.5. The second-order valence-corrected chi connectivity index (χ2v) is 11.4. The number of rotatable bonds is 2. The molecule has 4 heterocycles. The molecule has 2 aliphatic heterocycles. The van der Waals surface area contributed by atoms with E-state index in [1.807, 2.05) is 24.3 Å². The van der Waals surface area contributed by atoms with Gasteiger partial charge in [0.25, 0.3) is 0 Å². The fraction of sp³-hybridized carbons (Fsp3) is 0.150. The lowest BCUT2D eigenvalue weighted by molar-refractivity contribution is 0.302. The Morgan fingerprint density at radius 2 is 0.864 bits per heavy atom. The molecule has 0 saturated carbocycles. The maximum atomic E-state index is 6.56. The summed E-state index contributed by atoms with van der Waals surface area (Å²) in [6.45, 7) is 0.958. The Balaban J connectivity index is 1.19. The predicted octanol–water partition coefficient (Wildman–Crippen LogP) is 10.5. The second-order valence-electron chi connectivity index (χ2n) is 11.4. The number of furan rings is 2. The number of aryl methyl sites for hydroxylation is 2. The highest BCUT2D eigenvalue weighted by atomic mass is 16.5. The lowest BCUT2D eigenvalue weighted by Gasteiger charge is -2.09. The Morgan fingerprint density at radius 1 is 0.432 bits per heavy atom. The molecule has 0 radical (unpaired) electrons. The standard InChI is InChI=1S/C40H32O4/c1-3-9-29(10-4-1)39-33-21-19-31-23-37(33)43-35(39)13-7-8-14-36-40(30-11-5-2-6-12-30)34-22-20-32(24-38(34)44-36)42-26-28-17-15-27(16-18-28)25-41-31/h1-6,9-12,15-24H,7-8,13-14,25-26H2. The van der Waals surface area contributed by atoms with E-state index in [1.165, 1.54) is 22.3 Å². The molecule has 44 heavy (non-hydrogen) atoms. The maximum Gasteiger partial charge on any atom is 0.138 e. The largest absolute Gasteiger partial charge is 0.489 e. The molecule has 8 bridgehead atoms. The fourth-order valence-electron chi connectivity index (χ4n) is 6.27. The van der Waals surface area contributed by atoms with Crippen LogP contribution in [-0.4, -0.2) is 0 Å². The van der Waals surface area contributed by atoms with E-state index in [4.69, 9.17) is 18.3 Å². The van der Waals surface area contributed by atoms with Crippen molar-refractivity contribution in [1.29, 1.82) is 0 Å². The Labute approximate surface area is 256 Å². The number of fused-ring (bicyclic) bond motifs is 7. The van der Waals surface area contributed by atoms with Crippen LogP contribution in [0.25, 0.3) is 44.2 Å². The van der Waals surface area contributed by atoms with E-state index >= 15 is 0 Å². The van der Waals surface area contributed by atoms with E-state index < -0.39 is 0 Å². The van der Waals surface area contributed by atoms with Crippen molar-refractivity contribution in [2.45, 2.75) is 38.9 Å². The van der Waals surface area contributed by atoms with E-state index in [-0.39, 0.29) is 0 Å². The van der Waals surface area contributed by atoms with Gasteiger partial charge in [0, 0.05) is 46.9 Å². The summed E-state index contributed by atoms with van der Waals surface area (Å²) in [7, 11) is 0. The minimum absolute atomic E-state index is 0.479. The Bertz CT molecular complexity index is 1900. The zero-order valence-electron chi connectivity index (χ0n) is 24.4. The van der Waals surface area contributed by atoms with Gasteiger partial charge in [0.2, 0.25) is 0 Å². The van der Waals surface area contributed by atoms with Crippen molar-refractivity contribution in [3.05, 3.63) is 144 Å². The normalized spacial score (nSPS) is 13.7. The van der Waals surface area contributed by atoms with Gasteiger partial charge in [0.1, 0.15) is 47.4 Å². The van der Waals surface area contributed by atoms with Gasteiger partial charge in [-0.05, 0) is 59.4 Å². The lowest BCUT2D eigenvalue weighted by atomic mass is 9.97. The third kappa shape index (κ3) is 5.13. The van der Waals surface area contributed by atoms with Crippen molar-refractivity contribution in [2.24, 2.45) is 0 Å². The molecule has 0 amide bonds. The van der Waals surface area contributed by atoms with Crippen molar-refractivity contribution in [3.8, 4) is 33.8 Å². The smallest absolute Gasteiger partial charge is 0.138 e. The van der Waals surface area contributed by atoms with E-state index in [9.17, 15) is 0 Å². The molecule has 0 aliphatic carbocycles. The molecular formula is C40H32O4. The van der Waals surface area contributed by atoms with Gasteiger partial charge >= 0.3 is 0 Å². The number of hydrogen-bond acceptors (Lipinski definition) is 4. The monoisotopic (exact) mass is 576 g/mol. The molecule has 9 rings (SSSR count). The molecular weight excluding hydrogens is 544 g/mol. The van der Waals surface area contributed by atoms with Crippen molar-refractivity contribution >= 4 is 21.9 Å². The molecule has 216 valence electrons. The average Bonchev–Trinajstić information content (AvgIpc) is 3.62. The summed E-state index contributed by atoms with van der Waals surface area (Å²) in [4.78, 5) is 0. The van der Waals surface area contributed by atoms with Gasteiger partial charge in [-0.25, -0.2) is 0 Å². The van der Waals surface area contributed by atoms with Crippen molar-refractivity contribution in [3.63, 3.8) is 0 Å². The molecule has 7 aromatic rings. The SMILES string of the molecule is c1ccc(-c2c3oc4cc(ccc24)OCc2ccc(cc2)COc2ccc4c(-c5ccccc5)c(oc4c2)CCCC3)cc1. The van der Waals surface area contributed by atoms with Crippen molar-refractivity contribution < 1.29 is 18.3 Å². The number of hydrogen-bond donors (Lipinski definition) is 0. The topological polar surface area (TPSA) is 44.7 Å². The van der Waals surface area contributed by atoms with E-state index in [0.29, 0.717) is 13.2 Å². The molecule has 0 unspecified atom stereocenters. The van der Waals surface area contributed by atoms with Gasteiger partial charge in [-0.2, -0.15) is 0 Å². The first-order chi connectivity index (χ1) is 21.8. The minimum atomic E-state index is 0.479. The first kappa shape index (κ1) is 26.4. The third-order valence-corrected chi connectivity index (χ3v) is 8.49. The van der Waals surface area contributed by atoms with Gasteiger partial charge in [0.05, 0.1) is 0 Å². The molecule has 4 nitrogen and oxygen atoms in total. The van der Waals surface area contributed by atoms with E-state index in [0.717, 1.165) is 81.8 Å². The highest BCUT2D eigenvalue weighted by Crippen LogP contribution is 2.39. The Kier molecular flexibility index (Phi) is 6.88. The summed E-state index contributed by atoms with van der Waals surface area (Å²) in [6, 6.07) is 41.8. The van der Waals surface area contributed by atoms with Gasteiger partial charge in [-0.3, -0.25) is 0 Å². The van der Waals surface area contributed by atoms with Crippen LogP contribution < -0.4 is 9.47 Å². The van der Waals surface area contributed by atoms with Crippen LogP contribution in [0.3, 0.4) is 0 Å². The average molecular weight is 577 g/mol. The highest BCUT2D eigenvalue weighted by Gasteiger charge is 2.19. The Hall–Kier alpha value is -5.22. The predicted molar refractivity (Wildman–Crippen MR) is 175 cm³/mol. The highest BCUT2D eigenvalue weighted by molar-refractivity contribution is 5.97. The lowest BCUT2D eigenvalue weighted by Crippen LogP contribution is -1.98. The van der Waals surface area contributed by atoms with Crippen LogP contribution >= 0.6 is 0 Å². The summed E-state index contributed by atoms with van der Waals surface area (Å²) in [5.41, 5.74) is 8.57. The molecule has 0 N–H and O–H groups in total. The van der Waals surface area contributed by atoms with Crippen molar-refractivity contribution in [1.82, 2.24) is 0 Å². The third-order valence-electron chi connectivity index (χ3n) is 8.49. The van der Waals surface area contributed by atoms with Crippen LogP contribution in [0.5, 0.6) is 11.5 Å². The minimum Gasteiger partial charge on any atom is -0.489 e. The summed E-state index contributed by atoms with van der Waals surface area (Å²) in [5.74, 6) is 3.61. The quantitative estimate of drug-likeness (QED) is 0.205. The zero-order chi connectivity index (χ0) is 29.3. The van der Waals surface area contributed by atoms with Crippen LogP contribution in [0.4, 0.5) is 0 Å². The van der Waals surface area contributed by atoms with Crippen LogP contribution in [-0.2, 0) is 26.1 Å². The number of ether oxygens (including phenoxy) is 2. The molecule has 2 aromatic heterocycles. The first-order valence-corrected chi connectivity index (χ1v) is 15.3. The summed E-state index contributed by atoms with van der Waals surface area (Å²) >= 11 is 0. The second kappa shape index (κ2) is 11.5. The van der Waals surface area contributed by atoms with Gasteiger partial charge in [-0.1, -0.05) is 84.9 Å². The van der Waals surface area contributed by atoms with Crippen LogP contribution in [0, 0.1) is 0 Å². The molecule has 0 atom stereocenters. The maximum absolute atomic E-state index is 6.56. The molecule has 5 aromatic carbocycles. The zero-order valence-corrected chi connectivity index (χ0v) is 24.4. The summed E-state index contributed by atoms with van der Waals surface area (Å²) in [5, 5.41) is 2.22. The van der Waals surface area contributed by atoms with Crippen molar-refractivity contribution in [2.75, 3.05) is 0 Å². The van der Waals surface area contributed by atoms with Gasteiger partial charge < -0.3 is 18.3 Å². The summed E-state index contributed by atoms with van der Waals surface area (Å²) in [6.07, 6.45) is 3.61. The molecule has 0 fully saturated rings. The molecule has 0 saturated heterocycles. The molecule has 4 heteroatoms. The van der Waals surface area contributed by atoms with Crippen LogP contribution in [0.15, 0.2) is 130 Å². The van der Waals surface area contributed by atoms with Crippen LogP contribution in [0.1, 0.15) is 35.5 Å². The fourth-order valence-corrected chi connectivity index (χ4v) is 6.27. The Morgan fingerprint density at radius 3 is 1.30 bits per heavy atom.